The number of aromatic nitrogens is 1. The van der Waals surface area contributed by atoms with Crippen LogP contribution in [0.2, 0.25) is 0 Å². The lowest BCUT2D eigenvalue weighted by atomic mass is 10.1. The fraction of sp³-hybridized carbons (Fsp3) is 0.545. The van der Waals surface area contributed by atoms with Gasteiger partial charge in [-0.25, -0.2) is 0 Å². The quantitative estimate of drug-likeness (QED) is 0.693. The van der Waals surface area contributed by atoms with Crippen LogP contribution in [0.15, 0.2) is 24.5 Å². The van der Waals surface area contributed by atoms with Gasteiger partial charge in [0.15, 0.2) is 0 Å². The molecule has 2 rings (SSSR count). The van der Waals surface area contributed by atoms with Crippen LogP contribution in [0.1, 0.15) is 37.9 Å². The van der Waals surface area contributed by atoms with Crippen molar-refractivity contribution in [3.05, 3.63) is 30.1 Å². The molecule has 1 aliphatic rings. The molecule has 0 aliphatic carbocycles. The van der Waals surface area contributed by atoms with E-state index in [1.165, 1.54) is 12.0 Å². The van der Waals surface area contributed by atoms with E-state index in [2.05, 4.69) is 18.0 Å². The summed E-state index contributed by atoms with van der Waals surface area (Å²) < 4.78 is 5.86. The first-order chi connectivity index (χ1) is 6.40. The van der Waals surface area contributed by atoms with Crippen molar-refractivity contribution >= 4 is 0 Å². The second-order valence-corrected chi connectivity index (χ2v) is 3.52. The second-order valence-electron chi connectivity index (χ2n) is 3.52. The Balaban J connectivity index is 2.04. The third kappa shape index (κ3) is 1.89. The Hall–Kier alpha value is -0.890. The van der Waals surface area contributed by atoms with E-state index in [4.69, 9.17) is 4.74 Å². The maximum atomic E-state index is 5.86. The lowest BCUT2D eigenvalue weighted by Crippen LogP contribution is -2.04. The summed E-state index contributed by atoms with van der Waals surface area (Å²) in [5, 5.41) is 0. The summed E-state index contributed by atoms with van der Waals surface area (Å²) in [6.07, 6.45) is 7.92. The van der Waals surface area contributed by atoms with E-state index in [1.54, 1.807) is 6.20 Å². The average Bonchev–Trinajstić information content (AvgIpc) is 2.67. The van der Waals surface area contributed by atoms with Crippen LogP contribution in [0.5, 0.6) is 0 Å². The van der Waals surface area contributed by atoms with Gasteiger partial charge in [-0.05, 0) is 30.9 Å². The molecule has 2 heterocycles. The molecule has 1 aromatic heterocycles. The first kappa shape index (κ1) is 8.70. The van der Waals surface area contributed by atoms with E-state index >= 15 is 0 Å². The van der Waals surface area contributed by atoms with Gasteiger partial charge in [-0.15, -0.1) is 0 Å². The van der Waals surface area contributed by atoms with Gasteiger partial charge in [-0.2, -0.15) is 0 Å². The predicted octanol–water partition coefficient (Wildman–Crippen LogP) is 2.71. The highest BCUT2D eigenvalue weighted by atomic mass is 16.5. The van der Waals surface area contributed by atoms with Gasteiger partial charge in [0.05, 0.1) is 12.2 Å². The molecule has 1 fully saturated rings. The Morgan fingerprint density at radius 3 is 3.08 bits per heavy atom. The van der Waals surface area contributed by atoms with Gasteiger partial charge in [0.1, 0.15) is 0 Å². The van der Waals surface area contributed by atoms with E-state index in [9.17, 15) is 0 Å². The van der Waals surface area contributed by atoms with Crippen LogP contribution in [-0.2, 0) is 4.74 Å². The smallest absolute Gasteiger partial charge is 0.0844 e. The fourth-order valence-electron chi connectivity index (χ4n) is 1.82. The van der Waals surface area contributed by atoms with Crippen molar-refractivity contribution in [1.82, 2.24) is 4.98 Å². The summed E-state index contributed by atoms with van der Waals surface area (Å²) in [7, 11) is 0. The summed E-state index contributed by atoms with van der Waals surface area (Å²) in [6.45, 7) is 2.18. The van der Waals surface area contributed by atoms with Gasteiger partial charge in [0, 0.05) is 12.4 Å². The molecule has 1 aromatic rings. The standard InChI is InChI=1S/C11H15NO/c1-2-10-5-6-11(13-10)9-4-3-7-12-8-9/h3-4,7-8,10-11H,2,5-6H2,1H3. The third-order valence-corrected chi connectivity index (χ3v) is 2.62. The number of ether oxygens (including phenoxy) is 1. The maximum absolute atomic E-state index is 5.86. The minimum Gasteiger partial charge on any atom is -0.370 e. The molecule has 0 N–H and O–H groups in total. The minimum absolute atomic E-state index is 0.290. The van der Waals surface area contributed by atoms with E-state index in [1.807, 2.05) is 12.3 Å². The molecule has 2 unspecified atom stereocenters. The molecule has 2 nitrogen and oxygen atoms in total. The summed E-state index contributed by atoms with van der Waals surface area (Å²) in [4.78, 5) is 4.10. The highest BCUT2D eigenvalue weighted by molar-refractivity contribution is 5.13. The average molecular weight is 177 g/mol. The molecular formula is C11H15NO. The summed E-state index contributed by atoms with van der Waals surface area (Å²) in [5.41, 5.74) is 1.22. The molecular weight excluding hydrogens is 162 g/mol. The monoisotopic (exact) mass is 177 g/mol. The van der Waals surface area contributed by atoms with Gasteiger partial charge >= 0.3 is 0 Å². The van der Waals surface area contributed by atoms with Gasteiger partial charge in [0.25, 0.3) is 0 Å². The molecule has 1 aliphatic heterocycles. The lowest BCUT2D eigenvalue weighted by Gasteiger charge is -2.11. The molecule has 2 heteroatoms. The van der Waals surface area contributed by atoms with Crippen LogP contribution in [0.3, 0.4) is 0 Å². The van der Waals surface area contributed by atoms with Gasteiger partial charge in [0.2, 0.25) is 0 Å². The second kappa shape index (κ2) is 3.88. The van der Waals surface area contributed by atoms with Crippen molar-refractivity contribution in [2.24, 2.45) is 0 Å². The summed E-state index contributed by atoms with van der Waals surface area (Å²) in [6, 6.07) is 4.06. The van der Waals surface area contributed by atoms with Crippen LogP contribution in [-0.4, -0.2) is 11.1 Å². The van der Waals surface area contributed by atoms with Crippen molar-refractivity contribution in [2.45, 2.75) is 38.4 Å². The zero-order chi connectivity index (χ0) is 9.10. The SMILES string of the molecule is CCC1CCC(c2cccnc2)O1. The first-order valence-corrected chi connectivity index (χ1v) is 4.95. The normalized spacial score (nSPS) is 27.8. The first-order valence-electron chi connectivity index (χ1n) is 4.95. The van der Waals surface area contributed by atoms with E-state index < -0.39 is 0 Å². The Morgan fingerprint density at radius 2 is 2.46 bits per heavy atom. The van der Waals surface area contributed by atoms with Crippen LogP contribution >= 0.6 is 0 Å². The molecule has 1 saturated heterocycles. The van der Waals surface area contributed by atoms with Crippen molar-refractivity contribution in [3.63, 3.8) is 0 Å². The molecule has 13 heavy (non-hydrogen) atoms. The van der Waals surface area contributed by atoms with Crippen LogP contribution in [0.25, 0.3) is 0 Å². The van der Waals surface area contributed by atoms with E-state index in [-0.39, 0.29) is 0 Å². The summed E-state index contributed by atoms with van der Waals surface area (Å²) in [5.74, 6) is 0. The number of nitrogens with zero attached hydrogens (tertiary/aromatic N) is 1. The van der Waals surface area contributed by atoms with Crippen LogP contribution in [0.4, 0.5) is 0 Å². The zero-order valence-corrected chi connectivity index (χ0v) is 7.94. The maximum Gasteiger partial charge on any atom is 0.0844 e. The van der Waals surface area contributed by atoms with Crippen molar-refractivity contribution in [1.29, 1.82) is 0 Å². The molecule has 0 bridgehead atoms. The largest absolute Gasteiger partial charge is 0.370 e. The van der Waals surface area contributed by atoms with Crippen molar-refractivity contribution in [2.75, 3.05) is 0 Å². The molecule has 70 valence electrons. The van der Waals surface area contributed by atoms with Gasteiger partial charge in [-0.3, -0.25) is 4.98 Å². The molecule has 0 aromatic carbocycles. The topological polar surface area (TPSA) is 22.1 Å². The van der Waals surface area contributed by atoms with Gasteiger partial charge < -0.3 is 4.74 Å². The van der Waals surface area contributed by atoms with Crippen LogP contribution in [0, 0.1) is 0 Å². The molecule has 0 radical (unpaired) electrons. The van der Waals surface area contributed by atoms with E-state index in [0.29, 0.717) is 12.2 Å². The highest BCUT2D eigenvalue weighted by Gasteiger charge is 2.24. The van der Waals surface area contributed by atoms with Crippen LogP contribution < -0.4 is 0 Å². The molecule has 0 saturated carbocycles. The lowest BCUT2D eigenvalue weighted by molar-refractivity contribution is 0.0426. The Labute approximate surface area is 78.9 Å². The van der Waals surface area contributed by atoms with E-state index in [0.717, 1.165) is 12.8 Å². The molecule has 2 atom stereocenters. The summed E-state index contributed by atoms with van der Waals surface area (Å²) >= 11 is 0. The Bertz CT molecular complexity index is 260. The molecule has 0 spiro atoms. The zero-order valence-electron chi connectivity index (χ0n) is 7.94. The molecule has 0 amide bonds. The number of pyridine rings is 1. The minimum atomic E-state index is 0.290. The van der Waals surface area contributed by atoms with Gasteiger partial charge in [-0.1, -0.05) is 13.0 Å². The fourth-order valence-corrected chi connectivity index (χ4v) is 1.82. The highest BCUT2D eigenvalue weighted by Crippen LogP contribution is 2.33. The third-order valence-electron chi connectivity index (χ3n) is 2.62. The predicted molar refractivity (Wildman–Crippen MR) is 51.4 cm³/mol. The van der Waals surface area contributed by atoms with Crippen molar-refractivity contribution in [3.8, 4) is 0 Å². The number of hydrogen-bond donors (Lipinski definition) is 0. The Morgan fingerprint density at radius 1 is 1.54 bits per heavy atom. The Kier molecular flexibility index (Phi) is 2.60. The number of hydrogen-bond acceptors (Lipinski definition) is 2. The number of rotatable bonds is 2. The van der Waals surface area contributed by atoms with Crippen molar-refractivity contribution < 1.29 is 4.74 Å².